The average Bonchev–Trinajstić information content (AvgIpc) is 2.42. The van der Waals surface area contributed by atoms with Crippen LogP contribution in [0.1, 0.15) is 11.4 Å². The summed E-state index contributed by atoms with van der Waals surface area (Å²) in [6.45, 7) is 3.82. The molecule has 0 atom stereocenters. The zero-order chi connectivity index (χ0) is 9.59. The smallest absolute Gasteiger partial charge is 0.104 e. The van der Waals surface area contributed by atoms with Crippen molar-refractivity contribution in [3.63, 3.8) is 0 Å². The van der Waals surface area contributed by atoms with Crippen LogP contribution in [0.25, 0.3) is 11.0 Å². The minimum Gasteiger partial charge on any atom is -0.342 e. The second-order valence-electron chi connectivity index (χ2n) is 3.02. The maximum Gasteiger partial charge on any atom is 0.104 e. The quantitative estimate of drug-likeness (QED) is 0.715. The van der Waals surface area contributed by atoms with Gasteiger partial charge < -0.3 is 4.98 Å². The lowest BCUT2D eigenvalue weighted by atomic mass is 10.2. The van der Waals surface area contributed by atoms with E-state index in [0.717, 1.165) is 22.4 Å². The van der Waals surface area contributed by atoms with Crippen molar-refractivity contribution in [1.29, 1.82) is 0 Å². The number of halogens is 2. The van der Waals surface area contributed by atoms with Crippen molar-refractivity contribution >= 4 is 34.2 Å². The number of imidazole rings is 1. The van der Waals surface area contributed by atoms with E-state index in [0.29, 0.717) is 10.0 Å². The molecule has 4 heteroatoms. The average molecular weight is 215 g/mol. The van der Waals surface area contributed by atoms with Crippen molar-refractivity contribution in [3.8, 4) is 0 Å². The lowest BCUT2D eigenvalue weighted by molar-refractivity contribution is 1.17. The second kappa shape index (κ2) is 2.89. The SMILES string of the molecule is Cc1nc2c(C)c(Cl)c(Cl)cc2[nH]1. The van der Waals surface area contributed by atoms with Crippen molar-refractivity contribution in [2.24, 2.45) is 0 Å². The normalized spacial score (nSPS) is 11.1. The summed E-state index contributed by atoms with van der Waals surface area (Å²) in [6.07, 6.45) is 0. The molecule has 68 valence electrons. The molecule has 0 bridgehead atoms. The van der Waals surface area contributed by atoms with E-state index in [1.54, 1.807) is 6.07 Å². The topological polar surface area (TPSA) is 28.7 Å². The van der Waals surface area contributed by atoms with Gasteiger partial charge in [0.25, 0.3) is 0 Å². The molecule has 0 saturated heterocycles. The van der Waals surface area contributed by atoms with E-state index >= 15 is 0 Å². The van der Waals surface area contributed by atoms with Crippen LogP contribution in [0, 0.1) is 13.8 Å². The number of fused-ring (bicyclic) bond motifs is 1. The Morgan fingerprint density at radius 3 is 2.69 bits per heavy atom. The summed E-state index contributed by atoms with van der Waals surface area (Å²) in [6, 6.07) is 1.80. The number of H-pyrrole nitrogens is 1. The predicted octanol–water partition coefficient (Wildman–Crippen LogP) is 3.49. The number of aromatic nitrogens is 2. The van der Waals surface area contributed by atoms with E-state index in [1.807, 2.05) is 13.8 Å². The van der Waals surface area contributed by atoms with Gasteiger partial charge in [0.15, 0.2) is 0 Å². The Kier molecular flexibility index (Phi) is 1.97. The van der Waals surface area contributed by atoms with Crippen LogP contribution >= 0.6 is 23.2 Å². The number of nitrogens with one attached hydrogen (secondary N) is 1. The van der Waals surface area contributed by atoms with Crippen LogP contribution in [0.2, 0.25) is 10.0 Å². The first kappa shape index (κ1) is 8.85. The highest BCUT2D eigenvalue weighted by molar-refractivity contribution is 6.43. The third-order valence-corrected chi connectivity index (χ3v) is 2.90. The van der Waals surface area contributed by atoms with Gasteiger partial charge in [-0.05, 0) is 25.5 Å². The van der Waals surface area contributed by atoms with Crippen molar-refractivity contribution < 1.29 is 0 Å². The molecular formula is C9H8Cl2N2. The summed E-state index contributed by atoms with van der Waals surface area (Å²) in [5.74, 6) is 0.872. The van der Waals surface area contributed by atoms with E-state index in [2.05, 4.69) is 9.97 Å². The predicted molar refractivity (Wildman–Crippen MR) is 55.6 cm³/mol. The molecule has 1 N–H and O–H groups in total. The maximum atomic E-state index is 5.98. The summed E-state index contributed by atoms with van der Waals surface area (Å²) >= 11 is 11.9. The molecule has 13 heavy (non-hydrogen) atoms. The Morgan fingerprint density at radius 1 is 1.31 bits per heavy atom. The number of nitrogens with zero attached hydrogens (tertiary/aromatic N) is 1. The van der Waals surface area contributed by atoms with Crippen molar-refractivity contribution in [2.75, 3.05) is 0 Å². The highest BCUT2D eigenvalue weighted by Crippen LogP contribution is 2.31. The van der Waals surface area contributed by atoms with Crippen molar-refractivity contribution in [1.82, 2.24) is 9.97 Å². The number of hydrogen-bond acceptors (Lipinski definition) is 1. The first-order valence-electron chi connectivity index (χ1n) is 3.90. The van der Waals surface area contributed by atoms with Crippen LogP contribution in [0.3, 0.4) is 0 Å². The van der Waals surface area contributed by atoms with Crippen LogP contribution in [0.15, 0.2) is 6.07 Å². The van der Waals surface area contributed by atoms with Gasteiger partial charge in [-0.15, -0.1) is 0 Å². The van der Waals surface area contributed by atoms with Crippen molar-refractivity contribution in [3.05, 3.63) is 27.5 Å². The number of rotatable bonds is 0. The highest BCUT2D eigenvalue weighted by atomic mass is 35.5. The first-order chi connectivity index (χ1) is 6.09. The third-order valence-electron chi connectivity index (χ3n) is 2.02. The number of aromatic amines is 1. The molecule has 0 saturated carbocycles. The lowest BCUT2D eigenvalue weighted by Gasteiger charge is -2.00. The fraction of sp³-hybridized carbons (Fsp3) is 0.222. The number of aryl methyl sites for hydroxylation is 2. The third kappa shape index (κ3) is 1.30. The Morgan fingerprint density at radius 2 is 2.00 bits per heavy atom. The zero-order valence-corrected chi connectivity index (χ0v) is 8.79. The van der Waals surface area contributed by atoms with Crippen LogP contribution in [-0.2, 0) is 0 Å². The molecule has 2 aromatic rings. The van der Waals surface area contributed by atoms with E-state index < -0.39 is 0 Å². The zero-order valence-electron chi connectivity index (χ0n) is 7.28. The van der Waals surface area contributed by atoms with Crippen LogP contribution in [0.5, 0.6) is 0 Å². The van der Waals surface area contributed by atoms with Gasteiger partial charge in [0.1, 0.15) is 5.82 Å². The minimum atomic E-state index is 0.565. The molecule has 1 aromatic heterocycles. The molecule has 0 spiro atoms. The second-order valence-corrected chi connectivity index (χ2v) is 3.80. The standard InChI is InChI=1S/C9H8Cl2N2/c1-4-8(11)6(10)3-7-9(4)13-5(2)12-7/h3H,1-2H3,(H,12,13). The van der Waals surface area contributed by atoms with Gasteiger partial charge in [0.05, 0.1) is 21.1 Å². The summed E-state index contributed by atoms with van der Waals surface area (Å²) in [7, 11) is 0. The summed E-state index contributed by atoms with van der Waals surface area (Å²) < 4.78 is 0. The van der Waals surface area contributed by atoms with Gasteiger partial charge in [-0.2, -0.15) is 0 Å². The molecule has 2 rings (SSSR count). The Hall–Kier alpha value is -0.730. The van der Waals surface area contributed by atoms with Gasteiger partial charge in [-0.25, -0.2) is 4.98 Å². The van der Waals surface area contributed by atoms with Gasteiger partial charge in [0.2, 0.25) is 0 Å². The highest BCUT2D eigenvalue weighted by Gasteiger charge is 2.09. The Balaban J connectivity index is 2.92. The fourth-order valence-electron chi connectivity index (χ4n) is 1.37. The molecule has 0 radical (unpaired) electrons. The van der Waals surface area contributed by atoms with Crippen molar-refractivity contribution in [2.45, 2.75) is 13.8 Å². The molecule has 1 heterocycles. The fourth-order valence-corrected chi connectivity index (χ4v) is 1.77. The van der Waals surface area contributed by atoms with Gasteiger partial charge >= 0.3 is 0 Å². The molecule has 0 aliphatic rings. The van der Waals surface area contributed by atoms with Gasteiger partial charge in [-0.3, -0.25) is 0 Å². The van der Waals surface area contributed by atoms with Gasteiger partial charge in [0, 0.05) is 0 Å². The lowest BCUT2D eigenvalue weighted by Crippen LogP contribution is -1.80. The monoisotopic (exact) mass is 214 g/mol. The minimum absolute atomic E-state index is 0.565. The molecular weight excluding hydrogens is 207 g/mol. The van der Waals surface area contributed by atoms with Gasteiger partial charge in [-0.1, -0.05) is 23.2 Å². The largest absolute Gasteiger partial charge is 0.342 e. The molecule has 1 aromatic carbocycles. The van der Waals surface area contributed by atoms with E-state index in [9.17, 15) is 0 Å². The van der Waals surface area contributed by atoms with Crippen LogP contribution < -0.4 is 0 Å². The molecule has 0 aliphatic heterocycles. The summed E-state index contributed by atoms with van der Waals surface area (Å²) in [5, 5.41) is 1.15. The maximum absolute atomic E-state index is 5.98. The van der Waals surface area contributed by atoms with E-state index in [-0.39, 0.29) is 0 Å². The molecule has 0 fully saturated rings. The molecule has 0 unspecified atom stereocenters. The first-order valence-corrected chi connectivity index (χ1v) is 4.66. The van der Waals surface area contributed by atoms with Crippen LogP contribution in [0.4, 0.5) is 0 Å². The summed E-state index contributed by atoms with van der Waals surface area (Å²) in [5.41, 5.74) is 2.75. The number of benzene rings is 1. The Labute approximate surface area is 85.9 Å². The molecule has 0 amide bonds. The van der Waals surface area contributed by atoms with Crippen LogP contribution in [-0.4, -0.2) is 9.97 Å². The Bertz CT molecular complexity index is 474. The van der Waals surface area contributed by atoms with E-state index in [4.69, 9.17) is 23.2 Å². The number of hydrogen-bond donors (Lipinski definition) is 1. The van der Waals surface area contributed by atoms with E-state index in [1.165, 1.54) is 0 Å². The molecule has 0 aliphatic carbocycles. The summed E-state index contributed by atoms with van der Waals surface area (Å²) in [4.78, 5) is 7.43. The molecule has 2 nitrogen and oxygen atoms in total.